The van der Waals surface area contributed by atoms with E-state index in [2.05, 4.69) is 9.97 Å². The topological polar surface area (TPSA) is 61.0 Å². The molecule has 0 spiro atoms. The molecule has 0 aliphatic heterocycles. The number of nitrogens with zero attached hydrogens (tertiary/aromatic N) is 2. The fraction of sp³-hybridized carbons (Fsp3) is 0.333. The summed E-state index contributed by atoms with van der Waals surface area (Å²) < 4.78 is 5.88. The van der Waals surface area contributed by atoms with Gasteiger partial charge in [-0.2, -0.15) is 0 Å². The van der Waals surface area contributed by atoms with Gasteiger partial charge in [0.15, 0.2) is 0 Å². The van der Waals surface area contributed by atoms with Crippen LogP contribution in [0.25, 0.3) is 0 Å². The van der Waals surface area contributed by atoms with E-state index in [4.69, 9.17) is 10.5 Å². The van der Waals surface area contributed by atoms with E-state index in [1.54, 1.807) is 6.33 Å². The first-order chi connectivity index (χ1) is 9.36. The summed E-state index contributed by atoms with van der Waals surface area (Å²) in [6.45, 7) is 0.545. The van der Waals surface area contributed by atoms with Gasteiger partial charge in [-0.3, -0.25) is 0 Å². The maximum Gasteiger partial charge on any atom is 0.225 e. The fourth-order valence-electron chi connectivity index (χ4n) is 2.38. The normalized spacial score (nSPS) is 13.9. The summed E-state index contributed by atoms with van der Waals surface area (Å²) in [4.78, 5) is 8.61. The SMILES string of the molecule is NCc1ccc(Oc2ncnc3c2CCCC3)cc1. The zero-order chi connectivity index (χ0) is 13.1. The Morgan fingerprint density at radius 3 is 2.63 bits per heavy atom. The van der Waals surface area contributed by atoms with Crippen molar-refractivity contribution in [1.29, 1.82) is 0 Å². The van der Waals surface area contributed by atoms with Crippen molar-refractivity contribution in [1.82, 2.24) is 9.97 Å². The van der Waals surface area contributed by atoms with Crippen molar-refractivity contribution in [3.05, 3.63) is 47.4 Å². The Labute approximate surface area is 112 Å². The Hall–Kier alpha value is -1.94. The van der Waals surface area contributed by atoms with E-state index in [1.165, 1.54) is 12.8 Å². The molecule has 1 aromatic carbocycles. The molecule has 0 amide bonds. The van der Waals surface area contributed by atoms with Crippen molar-refractivity contribution in [2.75, 3.05) is 0 Å². The maximum absolute atomic E-state index is 5.88. The molecule has 0 atom stereocenters. The van der Waals surface area contributed by atoms with Crippen molar-refractivity contribution >= 4 is 0 Å². The third kappa shape index (κ3) is 2.58. The van der Waals surface area contributed by atoms with E-state index in [0.717, 1.165) is 35.4 Å². The zero-order valence-electron chi connectivity index (χ0n) is 10.8. The first kappa shape index (κ1) is 12.1. The third-order valence-corrected chi connectivity index (χ3v) is 3.46. The Morgan fingerprint density at radius 1 is 1.05 bits per heavy atom. The highest BCUT2D eigenvalue weighted by Gasteiger charge is 2.16. The lowest BCUT2D eigenvalue weighted by atomic mass is 9.97. The molecule has 0 bridgehead atoms. The predicted octanol–water partition coefficient (Wildman–Crippen LogP) is 2.61. The molecule has 1 aromatic heterocycles. The van der Waals surface area contributed by atoms with Gasteiger partial charge in [0.2, 0.25) is 5.88 Å². The molecular formula is C15H17N3O. The first-order valence-electron chi connectivity index (χ1n) is 6.66. The van der Waals surface area contributed by atoms with Crippen LogP contribution in [0.3, 0.4) is 0 Å². The van der Waals surface area contributed by atoms with Gasteiger partial charge in [0, 0.05) is 12.1 Å². The molecule has 98 valence electrons. The summed E-state index contributed by atoms with van der Waals surface area (Å²) in [7, 11) is 0. The van der Waals surface area contributed by atoms with Crippen molar-refractivity contribution in [2.45, 2.75) is 32.2 Å². The number of hydrogen-bond acceptors (Lipinski definition) is 4. The maximum atomic E-state index is 5.88. The van der Waals surface area contributed by atoms with Crippen LogP contribution in [-0.4, -0.2) is 9.97 Å². The quantitative estimate of drug-likeness (QED) is 0.915. The molecule has 0 saturated carbocycles. The zero-order valence-corrected chi connectivity index (χ0v) is 10.8. The second-order valence-corrected chi connectivity index (χ2v) is 4.76. The van der Waals surface area contributed by atoms with Gasteiger partial charge in [-0.15, -0.1) is 0 Å². The minimum atomic E-state index is 0.545. The van der Waals surface area contributed by atoms with E-state index in [0.29, 0.717) is 12.4 Å². The highest BCUT2D eigenvalue weighted by molar-refractivity contribution is 5.36. The molecule has 0 saturated heterocycles. The van der Waals surface area contributed by atoms with Crippen molar-refractivity contribution in [3.8, 4) is 11.6 Å². The van der Waals surface area contributed by atoms with Gasteiger partial charge in [0.05, 0.1) is 5.69 Å². The van der Waals surface area contributed by atoms with Crippen LogP contribution in [0.5, 0.6) is 11.6 Å². The van der Waals surface area contributed by atoms with Crippen LogP contribution in [-0.2, 0) is 19.4 Å². The molecule has 4 heteroatoms. The largest absolute Gasteiger partial charge is 0.439 e. The van der Waals surface area contributed by atoms with Gasteiger partial charge in [-0.05, 0) is 43.4 Å². The second kappa shape index (κ2) is 5.36. The third-order valence-electron chi connectivity index (χ3n) is 3.46. The van der Waals surface area contributed by atoms with Crippen molar-refractivity contribution in [3.63, 3.8) is 0 Å². The molecule has 1 heterocycles. The summed E-state index contributed by atoms with van der Waals surface area (Å²) in [5.41, 5.74) is 8.97. The van der Waals surface area contributed by atoms with E-state index >= 15 is 0 Å². The van der Waals surface area contributed by atoms with Crippen molar-refractivity contribution < 1.29 is 4.74 Å². The Bertz CT molecular complexity index is 566. The lowest BCUT2D eigenvalue weighted by Gasteiger charge is -2.17. The molecular weight excluding hydrogens is 238 g/mol. The van der Waals surface area contributed by atoms with Crippen LogP contribution >= 0.6 is 0 Å². The van der Waals surface area contributed by atoms with Crippen LogP contribution in [0, 0.1) is 0 Å². The lowest BCUT2D eigenvalue weighted by molar-refractivity contribution is 0.447. The van der Waals surface area contributed by atoms with Gasteiger partial charge >= 0.3 is 0 Å². The van der Waals surface area contributed by atoms with Crippen LogP contribution in [0.15, 0.2) is 30.6 Å². The molecule has 4 nitrogen and oxygen atoms in total. The van der Waals surface area contributed by atoms with Gasteiger partial charge in [0.1, 0.15) is 12.1 Å². The Morgan fingerprint density at radius 2 is 1.84 bits per heavy atom. The molecule has 2 aromatic rings. The number of ether oxygens (including phenoxy) is 1. The molecule has 2 N–H and O–H groups in total. The number of nitrogens with two attached hydrogens (primary N) is 1. The number of fused-ring (bicyclic) bond motifs is 1. The van der Waals surface area contributed by atoms with E-state index in [-0.39, 0.29) is 0 Å². The number of aromatic nitrogens is 2. The molecule has 19 heavy (non-hydrogen) atoms. The first-order valence-corrected chi connectivity index (χ1v) is 6.66. The van der Waals surface area contributed by atoms with Gasteiger partial charge in [0.25, 0.3) is 0 Å². The van der Waals surface area contributed by atoms with Crippen molar-refractivity contribution in [2.24, 2.45) is 5.73 Å². The number of hydrogen-bond donors (Lipinski definition) is 1. The molecule has 3 rings (SSSR count). The van der Waals surface area contributed by atoms with E-state index in [9.17, 15) is 0 Å². The molecule has 1 aliphatic rings. The summed E-state index contributed by atoms with van der Waals surface area (Å²) in [6, 6.07) is 7.81. The van der Waals surface area contributed by atoms with Gasteiger partial charge < -0.3 is 10.5 Å². The fourth-order valence-corrected chi connectivity index (χ4v) is 2.38. The number of rotatable bonds is 3. The molecule has 0 radical (unpaired) electrons. The minimum Gasteiger partial charge on any atom is -0.439 e. The molecule has 1 aliphatic carbocycles. The van der Waals surface area contributed by atoms with E-state index < -0.39 is 0 Å². The Kier molecular flexibility index (Phi) is 3.42. The van der Waals surface area contributed by atoms with Crippen LogP contribution < -0.4 is 10.5 Å². The average molecular weight is 255 g/mol. The smallest absolute Gasteiger partial charge is 0.225 e. The van der Waals surface area contributed by atoms with Gasteiger partial charge in [-0.25, -0.2) is 9.97 Å². The standard InChI is InChI=1S/C15H17N3O/c16-9-11-5-7-12(8-6-11)19-15-13-3-1-2-4-14(13)17-10-18-15/h5-8,10H,1-4,9,16H2. The number of aryl methyl sites for hydroxylation is 1. The summed E-state index contributed by atoms with van der Waals surface area (Å²) in [5, 5.41) is 0. The second-order valence-electron chi connectivity index (χ2n) is 4.76. The summed E-state index contributed by atoms with van der Waals surface area (Å²) in [6.07, 6.45) is 6.01. The minimum absolute atomic E-state index is 0.545. The lowest BCUT2D eigenvalue weighted by Crippen LogP contribution is -2.08. The monoisotopic (exact) mass is 255 g/mol. The van der Waals surface area contributed by atoms with Gasteiger partial charge in [-0.1, -0.05) is 12.1 Å². The van der Waals surface area contributed by atoms with Crippen LogP contribution in [0.1, 0.15) is 29.7 Å². The van der Waals surface area contributed by atoms with Crippen LogP contribution in [0.2, 0.25) is 0 Å². The molecule has 0 fully saturated rings. The van der Waals surface area contributed by atoms with Crippen LogP contribution in [0.4, 0.5) is 0 Å². The highest BCUT2D eigenvalue weighted by atomic mass is 16.5. The summed E-state index contributed by atoms with van der Waals surface area (Å²) in [5.74, 6) is 1.49. The van der Waals surface area contributed by atoms with E-state index in [1.807, 2.05) is 24.3 Å². The average Bonchev–Trinajstić information content (AvgIpc) is 2.48. The predicted molar refractivity (Wildman–Crippen MR) is 73.1 cm³/mol. The summed E-state index contributed by atoms with van der Waals surface area (Å²) >= 11 is 0. The number of benzene rings is 1. The molecule has 0 unspecified atom stereocenters. The Balaban J connectivity index is 1.86. The highest BCUT2D eigenvalue weighted by Crippen LogP contribution is 2.29.